The van der Waals surface area contributed by atoms with E-state index >= 15 is 0 Å². The molecule has 1 unspecified atom stereocenters. The Morgan fingerprint density at radius 3 is 2.50 bits per heavy atom. The van der Waals surface area contributed by atoms with Crippen LogP contribution in [0, 0.1) is 5.82 Å². The Labute approximate surface area is 175 Å². The minimum atomic E-state index is -0.742. The fourth-order valence-electron chi connectivity index (χ4n) is 3.58. The lowest BCUT2D eigenvalue weighted by molar-refractivity contribution is -0.139. The summed E-state index contributed by atoms with van der Waals surface area (Å²) in [4.78, 5) is 27.2. The van der Waals surface area contributed by atoms with E-state index in [1.54, 1.807) is 18.2 Å². The second-order valence-electron chi connectivity index (χ2n) is 7.59. The van der Waals surface area contributed by atoms with Crippen molar-refractivity contribution < 1.29 is 23.8 Å². The van der Waals surface area contributed by atoms with Crippen molar-refractivity contribution in [3.8, 4) is 5.75 Å². The maximum absolute atomic E-state index is 13.3. The third kappa shape index (κ3) is 4.37. The highest BCUT2D eigenvalue weighted by molar-refractivity contribution is 6.46. The summed E-state index contributed by atoms with van der Waals surface area (Å²) in [5.74, 6) is -1.54. The number of ketones is 1. The summed E-state index contributed by atoms with van der Waals surface area (Å²) in [5, 5.41) is 10.9. The Morgan fingerprint density at radius 2 is 1.87 bits per heavy atom. The number of nitrogens with zero attached hydrogens (tertiary/aromatic N) is 1. The van der Waals surface area contributed by atoms with Crippen LogP contribution in [0.25, 0.3) is 5.76 Å². The zero-order valence-corrected chi connectivity index (χ0v) is 17.4. The van der Waals surface area contributed by atoms with Crippen LogP contribution in [-0.4, -0.2) is 34.3 Å². The molecule has 0 saturated carbocycles. The van der Waals surface area contributed by atoms with E-state index in [4.69, 9.17) is 4.74 Å². The average Bonchev–Trinajstić information content (AvgIpc) is 2.96. The van der Waals surface area contributed by atoms with E-state index < -0.39 is 23.5 Å². The lowest BCUT2D eigenvalue weighted by Crippen LogP contribution is -2.30. The van der Waals surface area contributed by atoms with Gasteiger partial charge in [0.15, 0.2) is 0 Å². The molecule has 0 aliphatic carbocycles. The molecule has 30 heavy (non-hydrogen) atoms. The molecule has 0 bridgehead atoms. The first-order chi connectivity index (χ1) is 14.3. The van der Waals surface area contributed by atoms with E-state index in [-0.39, 0.29) is 23.0 Å². The number of amides is 1. The van der Waals surface area contributed by atoms with E-state index in [9.17, 15) is 19.1 Å². The molecule has 1 atom stereocenters. The zero-order chi connectivity index (χ0) is 21.8. The van der Waals surface area contributed by atoms with Gasteiger partial charge in [-0.2, -0.15) is 0 Å². The number of Topliss-reactive ketones (excluding diaryl/α,β-unsaturated/α-hetero) is 1. The third-order valence-electron chi connectivity index (χ3n) is 4.96. The Bertz CT molecular complexity index is 965. The highest BCUT2D eigenvalue weighted by atomic mass is 19.1. The number of carbonyl (C=O) groups excluding carboxylic acids is 2. The summed E-state index contributed by atoms with van der Waals surface area (Å²) in [7, 11) is 0. The fourth-order valence-corrected chi connectivity index (χ4v) is 3.58. The largest absolute Gasteiger partial charge is 0.507 e. The molecule has 1 aliphatic heterocycles. The summed E-state index contributed by atoms with van der Waals surface area (Å²) in [6, 6.07) is 11.6. The van der Waals surface area contributed by atoms with Gasteiger partial charge in [-0.3, -0.25) is 9.59 Å². The van der Waals surface area contributed by atoms with Gasteiger partial charge in [0, 0.05) is 12.1 Å². The molecule has 1 saturated heterocycles. The second kappa shape index (κ2) is 9.11. The van der Waals surface area contributed by atoms with Gasteiger partial charge in [-0.05, 0) is 62.2 Å². The molecule has 6 heteroatoms. The zero-order valence-electron chi connectivity index (χ0n) is 17.4. The van der Waals surface area contributed by atoms with Crippen LogP contribution in [0.5, 0.6) is 5.75 Å². The molecule has 1 fully saturated rings. The monoisotopic (exact) mass is 411 g/mol. The molecular formula is C24H26FNO4. The van der Waals surface area contributed by atoms with Gasteiger partial charge in [0.05, 0.1) is 17.7 Å². The molecule has 0 spiro atoms. The third-order valence-corrected chi connectivity index (χ3v) is 4.96. The van der Waals surface area contributed by atoms with Crippen LogP contribution in [0.15, 0.2) is 54.1 Å². The fraction of sp³-hybridized carbons (Fsp3) is 0.333. The SMILES string of the molecule is CCCCN1C(=O)C(=O)/C(=C(\O)c2ccc(F)cc2)C1c1cccc(OC(C)C)c1. The number of ether oxygens (including phenoxy) is 1. The number of halogens is 1. The average molecular weight is 411 g/mol. The molecule has 0 radical (unpaired) electrons. The molecule has 1 amide bonds. The van der Waals surface area contributed by atoms with E-state index in [0.29, 0.717) is 17.9 Å². The van der Waals surface area contributed by atoms with Gasteiger partial charge in [-0.25, -0.2) is 4.39 Å². The topological polar surface area (TPSA) is 66.8 Å². The van der Waals surface area contributed by atoms with Gasteiger partial charge < -0.3 is 14.7 Å². The molecule has 5 nitrogen and oxygen atoms in total. The summed E-state index contributed by atoms with van der Waals surface area (Å²) >= 11 is 0. The first-order valence-corrected chi connectivity index (χ1v) is 10.1. The summed E-state index contributed by atoms with van der Waals surface area (Å²) in [6.45, 7) is 6.21. The number of aliphatic hydroxyl groups is 1. The molecular weight excluding hydrogens is 385 g/mol. The first-order valence-electron chi connectivity index (χ1n) is 10.1. The Balaban J connectivity index is 2.14. The van der Waals surface area contributed by atoms with Crippen LogP contribution < -0.4 is 4.74 Å². The highest BCUT2D eigenvalue weighted by Gasteiger charge is 2.45. The molecule has 2 aromatic carbocycles. The number of hydrogen-bond donors (Lipinski definition) is 1. The number of hydrogen-bond acceptors (Lipinski definition) is 4. The molecule has 2 aromatic rings. The normalized spacial score (nSPS) is 18.3. The molecule has 0 aromatic heterocycles. The lowest BCUT2D eigenvalue weighted by atomic mass is 9.95. The Morgan fingerprint density at radius 1 is 1.17 bits per heavy atom. The number of benzene rings is 2. The van der Waals surface area contributed by atoms with E-state index in [2.05, 4.69) is 0 Å². The quantitative estimate of drug-likeness (QED) is 0.402. The summed E-state index contributed by atoms with van der Waals surface area (Å²) in [5.41, 5.74) is 0.959. The summed E-state index contributed by atoms with van der Waals surface area (Å²) in [6.07, 6.45) is 1.54. The van der Waals surface area contributed by atoms with Crippen LogP contribution in [0.4, 0.5) is 4.39 Å². The van der Waals surface area contributed by atoms with E-state index in [1.165, 1.54) is 29.2 Å². The van der Waals surface area contributed by atoms with Crippen LogP contribution >= 0.6 is 0 Å². The van der Waals surface area contributed by atoms with Crippen molar-refractivity contribution in [2.24, 2.45) is 0 Å². The standard InChI is InChI=1S/C24H26FNO4/c1-4-5-13-26-21(17-7-6-8-19(14-17)30-15(2)3)20(23(28)24(26)29)22(27)16-9-11-18(25)12-10-16/h6-12,14-15,21,27H,4-5,13H2,1-3H3/b22-20-. The van der Waals surface area contributed by atoms with Gasteiger partial charge in [0.1, 0.15) is 17.3 Å². The van der Waals surface area contributed by atoms with Gasteiger partial charge in [-0.1, -0.05) is 25.5 Å². The lowest BCUT2D eigenvalue weighted by Gasteiger charge is -2.25. The highest BCUT2D eigenvalue weighted by Crippen LogP contribution is 2.40. The molecule has 1 aliphatic rings. The number of carbonyl (C=O) groups is 2. The van der Waals surface area contributed by atoms with Gasteiger partial charge in [0.2, 0.25) is 0 Å². The van der Waals surface area contributed by atoms with Crippen molar-refractivity contribution >= 4 is 17.4 Å². The van der Waals surface area contributed by atoms with Crippen LogP contribution in [-0.2, 0) is 9.59 Å². The molecule has 3 rings (SSSR count). The first kappa shape index (κ1) is 21.6. The van der Waals surface area contributed by atoms with Crippen molar-refractivity contribution in [1.29, 1.82) is 0 Å². The van der Waals surface area contributed by atoms with Crippen molar-refractivity contribution in [1.82, 2.24) is 4.90 Å². The van der Waals surface area contributed by atoms with Crippen molar-refractivity contribution in [2.75, 3.05) is 6.54 Å². The predicted molar refractivity (Wildman–Crippen MR) is 113 cm³/mol. The van der Waals surface area contributed by atoms with Gasteiger partial charge in [-0.15, -0.1) is 0 Å². The van der Waals surface area contributed by atoms with Gasteiger partial charge >= 0.3 is 0 Å². The number of likely N-dealkylation sites (tertiary alicyclic amines) is 1. The van der Waals surface area contributed by atoms with Crippen molar-refractivity contribution in [3.05, 3.63) is 71.0 Å². The van der Waals surface area contributed by atoms with E-state index in [0.717, 1.165) is 12.8 Å². The number of rotatable bonds is 7. The Kier molecular flexibility index (Phi) is 6.55. The molecule has 158 valence electrons. The van der Waals surface area contributed by atoms with Crippen molar-refractivity contribution in [3.63, 3.8) is 0 Å². The van der Waals surface area contributed by atoms with Crippen molar-refractivity contribution in [2.45, 2.75) is 45.8 Å². The maximum atomic E-state index is 13.3. The predicted octanol–water partition coefficient (Wildman–Crippen LogP) is 4.83. The molecule has 1 heterocycles. The van der Waals surface area contributed by atoms with E-state index in [1.807, 2.05) is 26.8 Å². The molecule has 1 N–H and O–H groups in total. The van der Waals surface area contributed by atoms with Gasteiger partial charge in [0.25, 0.3) is 11.7 Å². The smallest absolute Gasteiger partial charge is 0.295 e. The maximum Gasteiger partial charge on any atom is 0.295 e. The second-order valence-corrected chi connectivity index (χ2v) is 7.59. The summed E-state index contributed by atoms with van der Waals surface area (Å²) < 4.78 is 19.1. The minimum absolute atomic E-state index is 0.00408. The number of aliphatic hydroxyl groups excluding tert-OH is 1. The Hall–Kier alpha value is -3.15. The van der Waals surface area contributed by atoms with Crippen LogP contribution in [0.3, 0.4) is 0 Å². The minimum Gasteiger partial charge on any atom is -0.507 e. The number of unbranched alkanes of at least 4 members (excludes halogenated alkanes) is 1. The van der Waals surface area contributed by atoms with Crippen LogP contribution in [0.2, 0.25) is 0 Å². The van der Waals surface area contributed by atoms with Crippen LogP contribution in [0.1, 0.15) is 50.8 Å².